The fourth-order valence-corrected chi connectivity index (χ4v) is 2.11. The molecule has 0 radical (unpaired) electrons. The summed E-state index contributed by atoms with van der Waals surface area (Å²) in [6.07, 6.45) is 0.516. The first kappa shape index (κ1) is 12.5. The predicted molar refractivity (Wildman–Crippen MR) is 66.9 cm³/mol. The van der Waals surface area contributed by atoms with Crippen molar-refractivity contribution in [2.75, 3.05) is 13.1 Å². The van der Waals surface area contributed by atoms with Gasteiger partial charge in [0.2, 0.25) is 5.91 Å². The van der Waals surface area contributed by atoms with E-state index in [9.17, 15) is 9.18 Å². The monoisotopic (exact) mass is 300 g/mol. The van der Waals surface area contributed by atoms with Crippen molar-refractivity contribution in [2.45, 2.75) is 13.0 Å². The minimum atomic E-state index is -0.293. The lowest BCUT2D eigenvalue weighted by atomic mass is 9.99. The molecular weight excluding hydrogens is 287 g/mol. The average Bonchev–Trinajstić information content (AvgIpc) is 2.25. The van der Waals surface area contributed by atoms with Crippen molar-refractivity contribution in [3.8, 4) is 0 Å². The Bertz CT molecular complexity index is 421. The van der Waals surface area contributed by atoms with Crippen molar-refractivity contribution in [1.82, 2.24) is 10.6 Å². The van der Waals surface area contributed by atoms with Gasteiger partial charge in [0.15, 0.2) is 0 Å². The zero-order valence-corrected chi connectivity index (χ0v) is 10.9. The third-order valence-electron chi connectivity index (χ3n) is 2.82. The number of hydrogen-bond acceptors (Lipinski definition) is 2. The summed E-state index contributed by atoms with van der Waals surface area (Å²) in [5, 5.41) is 5.85. The molecule has 0 spiro atoms. The highest BCUT2D eigenvalue weighted by atomic mass is 79.9. The van der Waals surface area contributed by atoms with E-state index in [1.807, 2.05) is 0 Å². The van der Waals surface area contributed by atoms with Crippen LogP contribution in [0.15, 0.2) is 22.7 Å². The molecule has 1 fully saturated rings. The molecule has 0 aromatic heterocycles. The summed E-state index contributed by atoms with van der Waals surface area (Å²) >= 11 is 3.28. The van der Waals surface area contributed by atoms with Gasteiger partial charge in [-0.05, 0) is 37.2 Å². The standard InChI is InChI=1S/C12H14BrFN2O/c13-10-1-2-11(14)9(4-10)7-16-12(17)3-8-5-15-6-8/h1-2,4,8,15H,3,5-7H2,(H,16,17). The van der Waals surface area contributed by atoms with E-state index in [4.69, 9.17) is 0 Å². The SMILES string of the molecule is O=C(CC1CNC1)NCc1cc(Br)ccc1F. The second-order valence-electron chi connectivity index (χ2n) is 4.24. The molecule has 0 bridgehead atoms. The Labute approximate surface area is 108 Å². The molecule has 92 valence electrons. The zero-order valence-electron chi connectivity index (χ0n) is 9.30. The van der Waals surface area contributed by atoms with Crippen LogP contribution < -0.4 is 10.6 Å². The average molecular weight is 301 g/mol. The van der Waals surface area contributed by atoms with Gasteiger partial charge in [-0.1, -0.05) is 15.9 Å². The van der Waals surface area contributed by atoms with Gasteiger partial charge in [-0.15, -0.1) is 0 Å². The Balaban J connectivity index is 1.83. The van der Waals surface area contributed by atoms with Crippen LogP contribution in [0.4, 0.5) is 4.39 Å². The summed E-state index contributed by atoms with van der Waals surface area (Å²) in [7, 11) is 0. The molecule has 17 heavy (non-hydrogen) atoms. The van der Waals surface area contributed by atoms with Crippen LogP contribution in [0, 0.1) is 11.7 Å². The third-order valence-corrected chi connectivity index (χ3v) is 3.32. The van der Waals surface area contributed by atoms with Gasteiger partial charge in [0.1, 0.15) is 5.82 Å². The van der Waals surface area contributed by atoms with E-state index in [0.717, 1.165) is 17.6 Å². The highest BCUT2D eigenvalue weighted by molar-refractivity contribution is 9.10. The maximum absolute atomic E-state index is 13.4. The molecule has 0 saturated carbocycles. The van der Waals surface area contributed by atoms with E-state index >= 15 is 0 Å². The number of rotatable bonds is 4. The van der Waals surface area contributed by atoms with Gasteiger partial charge in [0.25, 0.3) is 0 Å². The molecule has 1 aromatic rings. The second kappa shape index (κ2) is 5.60. The Morgan fingerprint density at radius 3 is 2.94 bits per heavy atom. The minimum Gasteiger partial charge on any atom is -0.352 e. The normalized spacial score (nSPS) is 15.4. The molecule has 3 nitrogen and oxygen atoms in total. The van der Waals surface area contributed by atoms with Crippen LogP contribution in [-0.4, -0.2) is 19.0 Å². The van der Waals surface area contributed by atoms with Gasteiger partial charge in [-0.2, -0.15) is 0 Å². The van der Waals surface area contributed by atoms with Gasteiger partial charge >= 0.3 is 0 Å². The largest absolute Gasteiger partial charge is 0.352 e. The van der Waals surface area contributed by atoms with Crippen molar-refractivity contribution in [1.29, 1.82) is 0 Å². The highest BCUT2D eigenvalue weighted by Gasteiger charge is 2.19. The fourth-order valence-electron chi connectivity index (χ4n) is 1.70. The summed E-state index contributed by atoms with van der Waals surface area (Å²) in [5.74, 6) is 0.122. The second-order valence-corrected chi connectivity index (χ2v) is 5.16. The predicted octanol–water partition coefficient (Wildman–Crippen LogP) is 1.81. The molecule has 2 N–H and O–H groups in total. The quantitative estimate of drug-likeness (QED) is 0.890. The summed E-state index contributed by atoms with van der Waals surface area (Å²) < 4.78 is 14.2. The van der Waals surface area contributed by atoms with Crippen molar-refractivity contribution < 1.29 is 9.18 Å². The van der Waals surface area contributed by atoms with E-state index in [2.05, 4.69) is 26.6 Å². The molecular formula is C12H14BrFN2O. The molecule has 0 aliphatic carbocycles. The summed E-state index contributed by atoms with van der Waals surface area (Å²) in [5.41, 5.74) is 0.499. The summed E-state index contributed by atoms with van der Waals surface area (Å²) in [6, 6.07) is 4.71. The first-order valence-electron chi connectivity index (χ1n) is 5.56. The van der Waals surface area contributed by atoms with Crippen molar-refractivity contribution >= 4 is 21.8 Å². The summed E-state index contributed by atoms with van der Waals surface area (Å²) in [6.45, 7) is 2.04. The zero-order chi connectivity index (χ0) is 12.3. The van der Waals surface area contributed by atoms with Gasteiger partial charge < -0.3 is 10.6 Å². The molecule has 1 amide bonds. The lowest BCUT2D eigenvalue weighted by Crippen LogP contribution is -2.44. The topological polar surface area (TPSA) is 41.1 Å². The number of nitrogens with one attached hydrogen (secondary N) is 2. The molecule has 0 unspecified atom stereocenters. The van der Waals surface area contributed by atoms with Gasteiger partial charge in [0.05, 0.1) is 0 Å². The maximum Gasteiger partial charge on any atom is 0.220 e. The van der Waals surface area contributed by atoms with Crippen LogP contribution in [0.1, 0.15) is 12.0 Å². The van der Waals surface area contributed by atoms with Crippen molar-refractivity contribution in [3.63, 3.8) is 0 Å². The number of halogens is 2. The van der Waals surface area contributed by atoms with Gasteiger partial charge in [-0.25, -0.2) is 4.39 Å². The molecule has 1 saturated heterocycles. The molecule has 0 atom stereocenters. The van der Waals surface area contributed by atoms with Crippen LogP contribution in [-0.2, 0) is 11.3 Å². The van der Waals surface area contributed by atoms with Crippen molar-refractivity contribution in [3.05, 3.63) is 34.1 Å². The number of hydrogen-bond donors (Lipinski definition) is 2. The lowest BCUT2D eigenvalue weighted by molar-refractivity contribution is -0.122. The Kier molecular flexibility index (Phi) is 4.12. The molecule has 5 heteroatoms. The molecule has 1 aliphatic rings. The lowest BCUT2D eigenvalue weighted by Gasteiger charge is -2.26. The fraction of sp³-hybridized carbons (Fsp3) is 0.417. The van der Waals surface area contributed by atoms with Crippen LogP contribution in [0.5, 0.6) is 0 Å². The van der Waals surface area contributed by atoms with Crippen LogP contribution >= 0.6 is 15.9 Å². The van der Waals surface area contributed by atoms with Gasteiger partial charge in [0, 0.05) is 23.0 Å². The van der Waals surface area contributed by atoms with E-state index in [-0.39, 0.29) is 18.3 Å². The Hall–Kier alpha value is -0.940. The number of amides is 1. The van der Waals surface area contributed by atoms with E-state index in [0.29, 0.717) is 17.9 Å². The highest BCUT2D eigenvalue weighted by Crippen LogP contribution is 2.15. The molecule has 2 rings (SSSR count). The first-order valence-corrected chi connectivity index (χ1v) is 6.36. The van der Waals surface area contributed by atoms with Crippen LogP contribution in [0.25, 0.3) is 0 Å². The van der Waals surface area contributed by atoms with Gasteiger partial charge in [-0.3, -0.25) is 4.79 Å². The van der Waals surface area contributed by atoms with Crippen LogP contribution in [0.3, 0.4) is 0 Å². The first-order chi connectivity index (χ1) is 8.15. The van der Waals surface area contributed by atoms with E-state index in [1.165, 1.54) is 6.07 Å². The maximum atomic E-state index is 13.4. The number of carbonyl (C=O) groups is 1. The number of carbonyl (C=O) groups excluding carboxylic acids is 1. The number of benzene rings is 1. The smallest absolute Gasteiger partial charge is 0.220 e. The molecule has 1 aromatic carbocycles. The van der Waals surface area contributed by atoms with E-state index in [1.54, 1.807) is 12.1 Å². The van der Waals surface area contributed by atoms with Crippen LogP contribution in [0.2, 0.25) is 0 Å². The van der Waals surface area contributed by atoms with E-state index < -0.39 is 0 Å². The van der Waals surface area contributed by atoms with Crippen molar-refractivity contribution in [2.24, 2.45) is 5.92 Å². The Morgan fingerprint density at radius 2 is 2.29 bits per heavy atom. The Morgan fingerprint density at radius 1 is 1.53 bits per heavy atom. The molecule has 1 heterocycles. The minimum absolute atomic E-state index is 0.0177. The summed E-state index contributed by atoms with van der Waals surface area (Å²) in [4.78, 5) is 11.5. The third kappa shape index (κ3) is 3.51. The molecule has 1 aliphatic heterocycles.